The zero-order valence-corrected chi connectivity index (χ0v) is 16.0. The first kappa shape index (κ1) is 19.0. The smallest absolute Gasteiger partial charge is 0.343 e. The molecule has 0 amide bonds. The standard InChI is InChI=1S/C21H26O4/c1-13-18(17(22)8-9-24-13)25-19(23)14-10-15(20(2,3)4)12-16(11-14)21(5,6)7/h8-12H,1-7H3. The van der Waals surface area contributed by atoms with Gasteiger partial charge in [0.15, 0.2) is 0 Å². The van der Waals surface area contributed by atoms with Gasteiger partial charge in [0.1, 0.15) is 5.76 Å². The summed E-state index contributed by atoms with van der Waals surface area (Å²) in [6, 6.07) is 7.02. The van der Waals surface area contributed by atoms with Gasteiger partial charge in [-0.25, -0.2) is 4.79 Å². The van der Waals surface area contributed by atoms with Crippen LogP contribution in [0.2, 0.25) is 0 Å². The van der Waals surface area contributed by atoms with Crippen molar-refractivity contribution in [3.63, 3.8) is 0 Å². The molecule has 1 heterocycles. The summed E-state index contributed by atoms with van der Waals surface area (Å²) in [5, 5.41) is 0. The molecule has 134 valence electrons. The second kappa shape index (κ2) is 6.51. The maximum atomic E-state index is 12.7. The van der Waals surface area contributed by atoms with Crippen molar-refractivity contribution in [3.05, 3.63) is 63.2 Å². The van der Waals surface area contributed by atoms with Gasteiger partial charge in [-0.15, -0.1) is 0 Å². The van der Waals surface area contributed by atoms with E-state index in [1.807, 2.05) is 12.1 Å². The van der Waals surface area contributed by atoms with Crippen LogP contribution in [0.25, 0.3) is 0 Å². The molecule has 2 aromatic rings. The Morgan fingerprint density at radius 1 is 0.960 bits per heavy atom. The molecule has 0 fully saturated rings. The molecule has 0 radical (unpaired) electrons. The van der Waals surface area contributed by atoms with Crippen LogP contribution in [0.5, 0.6) is 5.75 Å². The Labute approximate surface area is 148 Å². The molecule has 0 saturated heterocycles. The number of hydrogen-bond acceptors (Lipinski definition) is 4. The van der Waals surface area contributed by atoms with Crippen LogP contribution in [0.3, 0.4) is 0 Å². The van der Waals surface area contributed by atoms with E-state index in [2.05, 4.69) is 47.6 Å². The van der Waals surface area contributed by atoms with Crippen LogP contribution in [0.1, 0.15) is 68.8 Å². The van der Waals surface area contributed by atoms with E-state index in [0.29, 0.717) is 5.56 Å². The molecule has 25 heavy (non-hydrogen) atoms. The summed E-state index contributed by atoms with van der Waals surface area (Å²) in [6.45, 7) is 14.2. The third-order valence-corrected chi connectivity index (χ3v) is 4.10. The van der Waals surface area contributed by atoms with Crippen LogP contribution in [0.4, 0.5) is 0 Å². The average molecular weight is 342 g/mol. The van der Waals surface area contributed by atoms with E-state index in [4.69, 9.17) is 9.15 Å². The van der Waals surface area contributed by atoms with Crippen LogP contribution in [0, 0.1) is 6.92 Å². The summed E-state index contributed by atoms with van der Waals surface area (Å²) >= 11 is 0. The molecular formula is C21H26O4. The van der Waals surface area contributed by atoms with E-state index in [1.165, 1.54) is 12.3 Å². The van der Waals surface area contributed by atoms with Gasteiger partial charge in [-0.1, -0.05) is 47.6 Å². The molecule has 0 aliphatic rings. The summed E-state index contributed by atoms with van der Waals surface area (Å²) in [4.78, 5) is 24.6. The predicted molar refractivity (Wildman–Crippen MR) is 98.5 cm³/mol. The Bertz CT molecular complexity index is 813. The van der Waals surface area contributed by atoms with Crippen molar-refractivity contribution in [2.24, 2.45) is 0 Å². The van der Waals surface area contributed by atoms with Crippen molar-refractivity contribution in [2.75, 3.05) is 0 Å². The van der Waals surface area contributed by atoms with Crippen molar-refractivity contribution in [1.82, 2.24) is 0 Å². The quantitative estimate of drug-likeness (QED) is 0.738. The van der Waals surface area contributed by atoms with Crippen molar-refractivity contribution in [1.29, 1.82) is 0 Å². The molecule has 1 aromatic carbocycles. The predicted octanol–water partition coefficient (Wildman–Crippen LogP) is 4.76. The summed E-state index contributed by atoms with van der Waals surface area (Å²) in [6.07, 6.45) is 1.28. The van der Waals surface area contributed by atoms with E-state index in [9.17, 15) is 9.59 Å². The molecule has 4 heteroatoms. The monoisotopic (exact) mass is 342 g/mol. The number of carbonyl (C=O) groups excluding carboxylic acids is 1. The van der Waals surface area contributed by atoms with Crippen LogP contribution in [-0.4, -0.2) is 5.97 Å². The SMILES string of the molecule is Cc1occc(=O)c1OC(=O)c1cc(C(C)(C)C)cc(C(C)(C)C)c1. The molecule has 0 bridgehead atoms. The Kier molecular flexibility index (Phi) is 4.94. The number of benzene rings is 1. The fourth-order valence-electron chi connectivity index (χ4n) is 2.39. The van der Waals surface area contributed by atoms with Crippen LogP contribution < -0.4 is 10.2 Å². The van der Waals surface area contributed by atoms with Gasteiger partial charge >= 0.3 is 5.97 Å². The normalized spacial score (nSPS) is 12.1. The lowest BCUT2D eigenvalue weighted by Gasteiger charge is -2.25. The zero-order valence-electron chi connectivity index (χ0n) is 16.0. The first-order chi connectivity index (χ1) is 11.4. The average Bonchev–Trinajstić information content (AvgIpc) is 2.48. The largest absolute Gasteiger partial charge is 0.465 e. The minimum Gasteiger partial charge on any atom is -0.465 e. The van der Waals surface area contributed by atoms with Crippen LogP contribution >= 0.6 is 0 Å². The molecule has 0 unspecified atom stereocenters. The molecule has 0 aliphatic heterocycles. The molecule has 4 nitrogen and oxygen atoms in total. The fraction of sp³-hybridized carbons (Fsp3) is 0.429. The molecule has 0 N–H and O–H groups in total. The number of ether oxygens (including phenoxy) is 1. The third kappa shape index (κ3) is 4.38. The van der Waals surface area contributed by atoms with Gasteiger partial charge in [0.25, 0.3) is 0 Å². The van der Waals surface area contributed by atoms with E-state index in [1.54, 1.807) is 6.92 Å². The second-order valence-electron chi connectivity index (χ2n) is 8.36. The lowest BCUT2D eigenvalue weighted by atomic mass is 9.79. The minimum atomic E-state index is -0.557. The maximum Gasteiger partial charge on any atom is 0.343 e. The van der Waals surface area contributed by atoms with Gasteiger partial charge in [0.2, 0.25) is 11.2 Å². The molecule has 0 spiro atoms. The van der Waals surface area contributed by atoms with Crippen molar-refractivity contribution in [3.8, 4) is 5.75 Å². The van der Waals surface area contributed by atoms with Crippen molar-refractivity contribution < 1.29 is 13.9 Å². The zero-order chi connectivity index (χ0) is 19.0. The van der Waals surface area contributed by atoms with Gasteiger partial charge in [0, 0.05) is 6.07 Å². The number of rotatable bonds is 2. The molecule has 1 aromatic heterocycles. The van der Waals surface area contributed by atoms with Crippen LogP contribution in [-0.2, 0) is 10.8 Å². The number of carbonyl (C=O) groups is 1. The highest BCUT2D eigenvalue weighted by atomic mass is 16.5. The van der Waals surface area contributed by atoms with Gasteiger partial charge < -0.3 is 9.15 Å². The van der Waals surface area contributed by atoms with E-state index >= 15 is 0 Å². The molecule has 0 aliphatic carbocycles. The summed E-state index contributed by atoms with van der Waals surface area (Å²) < 4.78 is 10.5. The summed E-state index contributed by atoms with van der Waals surface area (Å²) in [5.41, 5.74) is 1.92. The highest BCUT2D eigenvalue weighted by Crippen LogP contribution is 2.30. The van der Waals surface area contributed by atoms with Crippen molar-refractivity contribution in [2.45, 2.75) is 59.3 Å². The van der Waals surface area contributed by atoms with Gasteiger partial charge in [0.05, 0.1) is 11.8 Å². The molecule has 2 rings (SSSR count). The first-order valence-corrected chi connectivity index (χ1v) is 8.36. The summed E-state index contributed by atoms with van der Waals surface area (Å²) in [5.74, 6) is -0.340. The van der Waals surface area contributed by atoms with E-state index in [-0.39, 0.29) is 27.8 Å². The Morgan fingerprint density at radius 2 is 1.48 bits per heavy atom. The van der Waals surface area contributed by atoms with E-state index in [0.717, 1.165) is 11.1 Å². The topological polar surface area (TPSA) is 56.5 Å². The first-order valence-electron chi connectivity index (χ1n) is 8.36. The molecular weight excluding hydrogens is 316 g/mol. The van der Waals surface area contributed by atoms with Gasteiger partial charge in [-0.2, -0.15) is 0 Å². The molecule has 0 atom stereocenters. The number of aryl methyl sites for hydroxylation is 1. The molecule has 0 saturated carbocycles. The third-order valence-electron chi connectivity index (χ3n) is 4.10. The van der Waals surface area contributed by atoms with Gasteiger partial charge in [-0.05, 0) is 41.0 Å². The van der Waals surface area contributed by atoms with Crippen LogP contribution in [0.15, 0.2) is 39.7 Å². The Hall–Kier alpha value is -2.36. The van der Waals surface area contributed by atoms with E-state index < -0.39 is 5.97 Å². The highest BCUT2D eigenvalue weighted by Gasteiger charge is 2.23. The lowest BCUT2D eigenvalue weighted by Crippen LogP contribution is -2.20. The maximum absolute atomic E-state index is 12.7. The summed E-state index contributed by atoms with van der Waals surface area (Å²) in [7, 11) is 0. The minimum absolute atomic E-state index is 0.0639. The highest BCUT2D eigenvalue weighted by molar-refractivity contribution is 5.91. The second-order valence-corrected chi connectivity index (χ2v) is 8.36. The Morgan fingerprint density at radius 3 is 1.92 bits per heavy atom. The Balaban J connectivity index is 2.51. The number of hydrogen-bond donors (Lipinski definition) is 0. The fourth-order valence-corrected chi connectivity index (χ4v) is 2.39. The number of esters is 1. The van der Waals surface area contributed by atoms with Gasteiger partial charge in [-0.3, -0.25) is 4.79 Å². The van der Waals surface area contributed by atoms with Crippen molar-refractivity contribution >= 4 is 5.97 Å². The lowest BCUT2D eigenvalue weighted by molar-refractivity contribution is 0.0726.